The Labute approximate surface area is 134 Å². The van der Waals surface area contributed by atoms with Crippen LogP contribution >= 0.6 is 11.3 Å². The van der Waals surface area contributed by atoms with Gasteiger partial charge in [-0.15, -0.1) is 11.3 Å². The van der Waals surface area contributed by atoms with Crippen molar-refractivity contribution < 1.29 is 5.11 Å². The SMILES string of the molecule is Cc1nc(C2CCCN(Cc3cc(C#CCO)cs3)C2)n[nH]1. The topological polar surface area (TPSA) is 65.0 Å². The lowest BCUT2D eigenvalue weighted by Crippen LogP contribution is -2.34. The molecule has 1 aliphatic rings. The number of aromatic nitrogens is 3. The molecule has 1 saturated heterocycles. The van der Waals surface area contributed by atoms with E-state index in [-0.39, 0.29) is 6.61 Å². The first-order chi connectivity index (χ1) is 10.7. The zero-order valence-electron chi connectivity index (χ0n) is 12.7. The molecule has 2 N–H and O–H groups in total. The molecule has 0 bridgehead atoms. The molecule has 0 aromatic carbocycles. The Bertz CT molecular complexity index is 682. The van der Waals surface area contributed by atoms with E-state index in [1.165, 1.54) is 11.3 Å². The first kappa shape index (κ1) is 15.2. The predicted octanol–water partition coefficient (Wildman–Crippen LogP) is 1.90. The summed E-state index contributed by atoms with van der Waals surface area (Å²) >= 11 is 1.73. The lowest BCUT2D eigenvalue weighted by Gasteiger charge is -2.30. The molecule has 6 heteroatoms. The van der Waals surface area contributed by atoms with Crippen LogP contribution in [0.15, 0.2) is 11.4 Å². The van der Waals surface area contributed by atoms with E-state index in [1.54, 1.807) is 11.3 Å². The van der Waals surface area contributed by atoms with Crippen molar-refractivity contribution in [3.8, 4) is 11.8 Å². The van der Waals surface area contributed by atoms with Crippen LogP contribution in [-0.4, -0.2) is 44.9 Å². The van der Waals surface area contributed by atoms with Gasteiger partial charge in [-0.3, -0.25) is 10.00 Å². The van der Waals surface area contributed by atoms with Gasteiger partial charge in [-0.05, 0) is 32.4 Å². The van der Waals surface area contributed by atoms with Crippen LogP contribution in [0.3, 0.4) is 0 Å². The number of H-pyrrole nitrogens is 1. The van der Waals surface area contributed by atoms with Gasteiger partial charge < -0.3 is 5.11 Å². The van der Waals surface area contributed by atoms with Gasteiger partial charge in [-0.2, -0.15) is 5.10 Å². The summed E-state index contributed by atoms with van der Waals surface area (Å²) in [5, 5.41) is 18.1. The number of hydrogen-bond acceptors (Lipinski definition) is 5. The van der Waals surface area contributed by atoms with Gasteiger partial charge in [0.2, 0.25) is 0 Å². The lowest BCUT2D eigenvalue weighted by molar-refractivity contribution is 0.198. The molecule has 0 amide bonds. The van der Waals surface area contributed by atoms with Gasteiger partial charge in [0.15, 0.2) is 5.82 Å². The number of thiophene rings is 1. The van der Waals surface area contributed by atoms with E-state index < -0.39 is 0 Å². The minimum Gasteiger partial charge on any atom is -0.384 e. The Morgan fingerprint density at radius 3 is 3.23 bits per heavy atom. The summed E-state index contributed by atoms with van der Waals surface area (Å²) in [5.74, 6) is 7.91. The quantitative estimate of drug-likeness (QED) is 0.849. The smallest absolute Gasteiger partial charge is 0.155 e. The summed E-state index contributed by atoms with van der Waals surface area (Å²) in [6.45, 7) is 4.93. The van der Waals surface area contributed by atoms with Gasteiger partial charge in [-0.25, -0.2) is 4.98 Å². The number of hydrogen-bond donors (Lipinski definition) is 2. The van der Waals surface area contributed by atoms with Gasteiger partial charge >= 0.3 is 0 Å². The molecular formula is C16H20N4OS. The van der Waals surface area contributed by atoms with E-state index in [0.717, 1.165) is 43.3 Å². The molecule has 3 heterocycles. The number of aliphatic hydroxyl groups is 1. The highest BCUT2D eigenvalue weighted by Crippen LogP contribution is 2.26. The van der Waals surface area contributed by atoms with Gasteiger partial charge in [0.25, 0.3) is 0 Å². The van der Waals surface area contributed by atoms with Crippen molar-refractivity contribution in [3.63, 3.8) is 0 Å². The number of aliphatic hydroxyl groups excluding tert-OH is 1. The predicted molar refractivity (Wildman–Crippen MR) is 86.7 cm³/mol. The summed E-state index contributed by atoms with van der Waals surface area (Å²) in [4.78, 5) is 8.26. The monoisotopic (exact) mass is 316 g/mol. The normalized spacial score (nSPS) is 18.9. The Morgan fingerprint density at radius 1 is 1.55 bits per heavy atom. The number of aryl methyl sites for hydroxylation is 1. The third-order valence-electron chi connectivity index (χ3n) is 3.83. The fraction of sp³-hybridized carbons (Fsp3) is 0.500. The third-order valence-corrected chi connectivity index (χ3v) is 4.75. The Hall–Kier alpha value is -1.68. The number of likely N-dealkylation sites (tertiary alicyclic amines) is 1. The van der Waals surface area contributed by atoms with Crippen LogP contribution in [0.2, 0.25) is 0 Å². The number of aromatic amines is 1. The van der Waals surface area contributed by atoms with E-state index >= 15 is 0 Å². The van der Waals surface area contributed by atoms with Crippen LogP contribution in [0.1, 0.15) is 40.8 Å². The molecule has 0 spiro atoms. The molecule has 0 radical (unpaired) electrons. The molecule has 2 aromatic heterocycles. The molecule has 116 valence electrons. The van der Waals surface area contributed by atoms with Crippen LogP contribution < -0.4 is 0 Å². The molecule has 1 aliphatic heterocycles. The van der Waals surface area contributed by atoms with E-state index in [2.05, 4.69) is 43.4 Å². The van der Waals surface area contributed by atoms with Crippen molar-refractivity contribution in [3.05, 3.63) is 33.5 Å². The van der Waals surface area contributed by atoms with Gasteiger partial charge in [0.1, 0.15) is 12.4 Å². The zero-order valence-corrected chi connectivity index (χ0v) is 13.5. The minimum absolute atomic E-state index is 0.0882. The van der Waals surface area contributed by atoms with Gasteiger partial charge in [-0.1, -0.05) is 11.8 Å². The third kappa shape index (κ3) is 3.74. The first-order valence-corrected chi connectivity index (χ1v) is 8.41. The van der Waals surface area contributed by atoms with Crippen LogP contribution in [0.4, 0.5) is 0 Å². The summed E-state index contributed by atoms with van der Waals surface area (Å²) in [7, 11) is 0. The van der Waals surface area contributed by atoms with E-state index in [0.29, 0.717) is 5.92 Å². The van der Waals surface area contributed by atoms with Crippen molar-refractivity contribution in [2.45, 2.75) is 32.2 Å². The largest absolute Gasteiger partial charge is 0.384 e. The highest BCUT2D eigenvalue weighted by atomic mass is 32.1. The van der Waals surface area contributed by atoms with Gasteiger partial charge in [0, 0.05) is 34.8 Å². The van der Waals surface area contributed by atoms with E-state index in [4.69, 9.17) is 5.11 Å². The average molecular weight is 316 g/mol. The summed E-state index contributed by atoms with van der Waals surface area (Å²) < 4.78 is 0. The number of nitrogens with zero attached hydrogens (tertiary/aromatic N) is 3. The molecule has 2 aromatic rings. The van der Waals surface area contributed by atoms with Crippen LogP contribution in [-0.2, 0) is 6.54 Å². The second-order valence-corrected chi connectivity index (χ2v) is 6.61. The molecule has 5 nitrogen and oxygen atoms in total. The maximum atomic E-state index is 8.74. The highest BCUT2D eigenvalue weighted by Gasteiger charge is 2.24. The second kappa shape index (κ2) is 7.05. The van der Waals surface area contributed by atoms with Crippen molar-refractivity contribution in [1.29, 1.82) is 0 Å². The lowest BCUT2D eigenvalue weighted by atomic mass is 9.97. The van der Waals surface area contributed by atoms with Crippen LogP contribution in [0.5, 0.6) is 0 Å². The van der Waals surface area contributed by atoms with Crippen molar-refractivity contribution >= 4 is 11.3 Å². The molecule has 1 unspecified atom stereocenters. The molecule has 3 rings (SSSR count). The maximum Gasteiger partial charge on any atom is 0.155 e. The second-order valence-electron chi connectivity index (χ2n) is 5.61. The average Bonchev–Trinajstić information content (AvgIpc) is 3.15. The van der Waals surface area contributed by atoms with Crippen LogP contribution in [0, 0.1) is 18.8 Å². The maximum absolute atomic E-state index is 8.74. The Kier molecular flexibility index (Phi) is 4.88. The summed E-state index contributed by atoms with van der Waals surface area (Å²) in [5.41, 5.74) is 0.993. The Morgan fingerprint density at radius 2 is 2.45 bits per heavy atom. The summed E-state index contributed by atoms with van der Waals surface area (Å²) in [6, 6.07) is 2.12. The summed E-state index contributed by atoms with van der Waals surface area (Å²) in [6.07, 6.45) is 2.34. The highest BCUT2D eigenvalue weighted by molar-refractivity contribution is 7.10. The zero-order chi connectivity index (χ0) is 15.4. The van der Waals surface area contributed by atoms with Gasteiger partial charge in [0.05, 0.1) is 0 Å². The molecule has 0 aliphatic carbocycles. The number of nitrogens with one attached hydrogen (secondary N) is 1. The van der Waals surface area contributed by atoms with Crippen molar-refractivity contribution in [2.24, 2.45) is 0 Å². The van der Waals surface area contributed by atoms with E-state index in [9.17, 15) is 0 Å². The van der Waals surface area contributed by atoms with Crippen molar-refractivity contribution in [2.75, 3.05) is 19.7 Å². The standard InChI is InChI=1S/C16H20N4OS/c1-12-17-16(19-18-12)14-5-2-6-20(9-14)10-15-8-13(11-22-15)4-3-7-21/h8,11,14,21H,2,5-7,9-10H2,1H3,(H,17,18,19). The number of piperidine rings is 1. The molecule has 22 heavy (non-hydrogen) atoms. The van der Waals surface area contributed by atoms with E-state index in [1.807, 2.05) is 6.92 Å². The fourth-order valence-corrected chi connectivity index (χ4v) is 3.70. The minimum atomic E-state index is -0.0882. The number of rotatable bonds is 3. The molecule has 1 atom stereocenters. The first-order valence-electron chi connectivity index (χ1n) is 7.53. The van der Waals surface area contributed by atoms with Crippen LogP contribution in [0.25, 0.3) is 0 Å². The molecule has 1 fully saturated rings. The molecule has 0 saturated carbocycles. The Balaban J connectivity index is 1.61. The molecular weight excluding hydrogens is 296 g/mol. The fourth-order valence-electron chi connectivity index (χ4n) is 2.84. The van der Waals surface area contributed by atoms with Crippen molar-refractivity contribution in [1.82, 2.24) is 20.1 Å².